The summed E-state index contributed by atoms with van der Waals surface area (Å²) in [5.74, 6) is 0. The summed E-state index contributed by atoms with van der Waals surface area (Å²) in [5.41, 5.74) is 0.946. The Hall–Kier alpha value is -1.16. The lowest BCUT2D eigenvalue weighted by atomic mass is 10.5. The van der Waals surface area contributed by atoms with E-state index in [4.69, 9.17) is 4.74 Å². The summed E-state index contributed by atoms with van der Waals surface area (Å²) < 4.78 is 5.96. The van der Waals surface area contributed by atoms with Crippen LogP contribution in [0.1, 0.15) is 0 Å². The highest BCUT2D eigenvalue weighted by Crippen LogP contribution is 2.18. The van der Waals surface area contributed by atoms with Crippen molar-refractivity contribution in [3.8, 4) is 6.01 Å². The van der Waals surface area contributed by atoms with Crippen molar-refractivity contribution in [2.45, 2.75) is 0 Å². The number of methoxy groups -OCH3 is 1. The maximum Gasteiger partial charge on any atom is 0.316 e. The van der Waals surface area contributed by atoms with Crippen LogP contribution in [0.2, 0.25) is 0 Å². The second kappa shape index (κ2) is 2.47. The van der Waals surface area contributed by atoms with Crippen molar-refractivity contribution in [2.24, 2.45) is 0 Å². The molecule has 0 spiro atoms. The quantitative estimate of drug-likeness (QED) is 0.646. The van der Waals surface area contributed by atoms with Gasteiger partial charge in [-0.05, 0) is 11.4 Å². The molecule has 11 heavy (non-hydrogen) atoms. The predicted molar refractivity (Wildman–Crippen MR) is 44.0 cm³/mol. The topological polar surface area (TPSA) is 35.0 Å². The lowest BCUT2D eigenvalue weighted by Gasteiger charge is -1.94. The first-order valence-corrected chi connectivity index (χ1v) is 4.02. The van der Waals surface area contributed by atoms with Crippen molar-refractivity contribution in [3.63, 3.8) is 0 Å². The van der Waals surface area contributed by atoms with Crippen LogP contribution in [0.15, 0.2) is 17.6 Å². The Morgan fingerprint density at radius 3 is 3.27 bits per heavy atom. The molecular formula is C7H6N2OS. The van der Waals surface area contributed by atoms with Gasteiger partial charge in [0, 0.05) is 0 Å². The molecule has 56 valence electrons. The molecule has 2 aromatic rings. The van der Waals surface area contributed by atoms with Gasteiger partial charge in [-0.2, -0.15) is 4.98 Å². The third-order valence-corrected chi connectivity index (χ3v) is 2.20. The van der Waals surface area contributed by atoms with Gasteiger partial charge in [-0.15, -0.1) is 11.3 Å². The molecule has 3 nitrogen and oxygen atoms in total. The van der Waals surface area contributed by atoms with E-state index in [1.807, 2.05) is 11.4 Å². The van der Waals surface area contributed by atoms with Crippen LogP contribution in [0.4, 0.5) is 0 Å². The number of aromatic nitrogens is 2. The summed E-state index contributed by atoms with van der Waals surface area (Å²) in [7, 11) is 1.56. The van der Waals surface area contributed by atoms with Gasteiger partial charge in [0.15, 0.2) is 0 Å². The fraction of sp³-hybridized carbons (Fsp3) is 0.143. The van der Waals surface area contributed by atoms with Crippen LogP contribution in [-0.4, -0.2) is 17.1 Å². The van der Waals surface area contributed by atoms with Crippen molar-refractivity contribution in [3.05, 3.63) is 17.6 Å². The summed E-state index contributed by atoms with van der Waals surface area (Å²) in [6.45, 7) is 0. The lowest BCUT2D eigenvalue weighted by Crippen LogP contribution is -1.89. The molecule has 0 aliphatic rings. The summed E-state index contributed by atoms with van der Waals surface area (Å²) in [6, 6.07) is 2.38. The molecule has 0 fully saturated rings. The molecule has 0 saturated heterocycles. The van der Waals surface area contributed by atoms with Gasteiger partial charge < -0.3 is 4.74 Å². The van der Waals surface area contributed by atoms with Gasteiger partial charge in [0.1, 0.15) is 0 Å². The van der Waals surface area contributed by atoms with Crippen molar-refractivity contribution in [1.29, 1.82) is 0 Å². The van der Waals surface area contributed by atoms with Gasteiger partial charge in [-0.3, -0.25) is 0 Å². The van der Waals surface area contributed by atoms with Crippen molar-refractivity contribution in [1.82, 2.24) is 9.97 Å². The van der Waals surface area contributed by atoms with Gasteiger partial charge >= 0.3 is 6.01 Å². The number of hydrogen-bond acceptors (Lipinski definition) is 4. The SMILES string of the molecule is COc1ncc2sccc2n1. The molecular weight excluding hydrogens is 160 g/mol. The standard InChI is InChI=1S/C7H6N2OS/c1-10-7-8-4-6-5(9-7)2-3-11-6/h2-4H,1H3. The molecule has 0 aromatic carbocycles. The Bertz CT molecular complexity index is 371. The van der Waals surface area contributed by atoms with Crippen LogP contribution in [0.3, 0.4) is 0 Å². The zero-order chi connectivity index (χ0) is 7.68. The highest BCUT2D eigenvalue weighted by atomic mass is 32.1. The largest absolute Gasteiger partial charge is 0.467 e. The number of fused-ring (bicyclic) bond motifs is 1. The van der Waals surface area contributed by atoms with Crippen LogP contribution in [0.5, 0.6) is 6.01 Å². The van der Waals surface area contributed by atoms with Crippen LogP contribution in [0, 0.1) is 0 Å². The summed E-state index contributed by atoms with van der Waals surface area (Å²) in [6.07, 6.45) is 1.77. The molecule has 2 heterocycles. The lowest BCUT2D eigenvalue weighted by molar-refractivity contribution is 0.382. The van der Waals surface area contributed by atoms with Gasteiger partial charge in [-0.1, -0.05) is 0 Å². The van der Waals surface area contributed by atoms with E-state index in [1.165, 1.54) is 0 Å². The molecule has 0 N–H and O–H groups in total. The van der Waals surface area contributed by atoms with Gasteiger partial charge in [0.2, 0.25) is 0 Å². The van der Waals surface area contributed by atoms with Crippen molar-refractivity contribution < 1.29 is 4.74 Å². The first kappa shape index (κ1) is 6.54. The monoisotopic (exact) mass is 166 g/mol. The van der Waals surface area contributed by atoms with Gasteiger partial charge in [0.05, 0.1) is 23.5 Å². The Kier molecular flexibility index (Phi) is 1.47. The highest BCUT2D eigenvalue weighted by Gasteiger charge is 1.98. The Labute approximate surface area is 67.7 Å². The fourth-order valence-corrected chi connectivity index (χ4v) is 1.54. The number of thiophene rings is 1. The van der Waals surface area contributed by atoms with E-state index >= 15 is 0 Å². The molecule has 0 unspecified atom stereocenters. The molecule has 2 aromatic heterocycles. The number of nitrogens with zero attached hydrogens (tertiary/aromatic N) is 2. The van der Waals surface area contributed by atoms with E-state index in [1.54, 1.807) is 24.6 Å². The summed E-state index contributed by atoms with van der Waals surface area (Å²) >= 11 is 1.63. The number of hydrogen-bond donors (Lipinski definition) is 0. The van der Waals surface area contributed by atoms with E-state index in [0.29, 0.717) is 6.01 Å². The van der Waals surface area contributed by atoms with Crippen LogP contribution < -0.4 is 4.74 Å². The first-order chi connectivity index (χ1) is 5.40. The molecule has 0 radical (unpaired) electrons. The normalized spacial score (nSPS) is 10.3. The second-order valence-corrected chi connectivity index (χ2v) is 2.97. The van der Waals surface area contributed by atoms with E-state index in [9.17, 15) is 0 Å². The average molecular weight is 166 g/mol. The van der Waals surface area contributed by atoms with Crippen molar-refractivity contribution >= 4 is 21.6 Å². The second-order valence-electron chi connectivity index (χ2n) is 2.03. The highest BCUT2D eigenvalue weighted by molar-refractivity contribution is 7.17. The molecule has 0 amide bonds. The maximum absolute atomic E-state index is 4.87. The fourth-order valence-electron chi connectivity index (χ4n) is 0.847. The first-order valence-electron chi connectivity index (χ1n) is 3.14. The smallest absolute Gasteiger partial charge is 0.316 e. The predicted octanol–water partition coefficient (Wildman–Crippen LogP) is 1.70. The number of rotatable bonds is 1. The molecule has 2 rings (SSSR count). The molecule has 0 aliphatic heterocycles. The summed E-state index contributed by atoms with van der Waals surface area (Å²) in [4.78, 5) is 8.11. The third-order valence-electron chi connectivity index (χ3n) is 1.36. The van der Waals surface area contributed by atoms with E-state index in [-0.39, 0.29) is 0 Å². The maximum atomic E-state index is 4.87. The van der Waals surface area contributed by atoms with Crippen LogP contribution in [0.25, 0.3) is 10.2 Å². The van der Waals surface area contributed by atoms with Crippen LogP contribution in [-0.2, 0) is 0 Å². The van der Waals surface area contributed by atoms with Gasteiger partial charge in [0.25, 0.3) is 0 Å². The zero-order valence-electron chi connectivity index (χ0n) is 5.94. The van der Waals surface area contributed by atoms with E-state index in [0.717, 1.165) is 10.2 Å². The summed E-state index contributed by atoms with van der Waals surface area (Å²) in [5, 5.41) is 1.98. The van der Waals surface area contributed by atoms with Gasteiger partial charge in [-0.25, -0.2) is 4.98 Å². The molecule has 0 atom stereocenters. The molecule has 0 aliphatic carbocycles. The third kappa shape index (κ3) is 1.05. The zero-order valence-corrected chi connectivity index (χ0v) is 6.76. The van der Waals surface area contributed by atoms with Crippen molar-refractivity contribution in [2.75, 3.05) is 7.11 Å². The molecule has 0 saturated carbocycles. The number of ether oxygens (including phenoxy) is 1. The molecule has 0 bridgehead atoms. The molecule has 4 heteroatoms. The average Bonchev–Trinajstić information content (AvgIpc) is 2.50. The minimum Gasteiger partial charge on any atom is -0.467 e. The van der Waals surface area contributed by atoms with E-state index in [2.05, 4.69) is 9.97 Å². The minimum absolute atomic E-state index is 0.427. The Balaban J connectivity index is 2.67. The minimum atomic E-state index is 0.427. The van der Waals surface area contributed by atoms with Crippen LogP contribution >= 0.6 is 11.3 Å². The van der Waals surface area contributed by atoms with E-state index < -0.39 is 0 Å². The Morgan fingerprint density at radius 2 is 2.45 bits per heavy atom. The Morgan fingerprint density at radius 1 is 1.55 bits per heavy atom.